The van der Waals surface area contributed by atoms with Gasteiger partial charge in [0, 0.05) is 19.5 Å². The van der Waals surface area contributed by atoms with E-state index in [0.717, 1.165) is 17.7 Å². The summed E-state index contributed by atoms with van der Waals surface area (Å²) in [4.78, 5) is 12.7. The van der Waals surface area contributed by atoms with Crippen LogP contribution in [0.5, 0.6) is 0 Å². The van der Waals surface area contributed by atoms with Crippen LogP contribution in [0.3, 0.4) is 0 Å². The Morgan fingerprint density at radius 1 is 1.14 bits per heavy atom. The van der Waals surface area contributed by atoms with Crippen molar-refractivity contribution in [3.8, 4) is 0 Å². The van der Waals surface area contributed by atoms with Gasteiger partial charge in [-0.3, -0.25) is 4.79 Å². The van der Waals surface area contributed by atoms with E-state index in [0.29, 0.717) is 23.0 Å². The fraction of sp³-hybridized carbons (Fsp3) is 0.235. The van der Waals surface area contributed by atoms with E-state index in [1.54, 1.807) is 6.07 Å². The number of hydrogen-bond acceptors (Lipinski definition) is 2. The molecule has 1 unspecified atom stereocenters. The summed E-state index contributed by atoms with van der Waals surface area (Å²) in [6, 6.07) is 13.5. The number of fused-ring (bicyclic) bond motifs is 1. The maximum atomic E-state index is 12.7. The molecule has 4 heteroatoms. The summed E-state index contributed by atoms with van der Waals surface area (Å²) in [6.45, 7) is 1.49. The Morgan fingerprint density at radius 3 is 2.81 bits per heavy atom. The number of carbonyl (C=O) groups excluding carboxylic acids is 1. The predicted molar refractivity (Wildman–Crippen MR) is 86.1 cm³/mol. The molecule has 0 bridgehead atoms. The van der Waals surface area contributed by atoms with Crippen molar-refractivity contribution in [1.29, 1.82) is 0 Å². The molecule has 2 aromatic rings. The molecule has 0 saturated heterocycles. The van der Waals surface area contributed by atoms with Crippen LogP contribution in [-0.2, 0) is 17.8 Å². The summed E-state index contributed by atoms with van der Waals surface area (Å²) in [5.74, 6) is 0.0452. The summed E-state index contributed by atoms with van der Waals surface area (Å²) in [6.07, 6.45) is 0.306. The largest absolute Gasteiger partial charge is 0.312 e. The predicted octanol–water partition coefficient (Wildman–Crippen LogP) is 3.99. The number of benzene rings is 2. The quantitative estimate of drug-likeness (QED) is 0.926. The van der Waals surface area contributed by atoms with Gasteiger partial charge in [0.05, 0.1) is 16.0 Å². The van der Waals surface area contributed by atoms with E-state index >= 15 is 0 Å². The Morgan fingerprint density at radius 2 is 1.95 bits per heavy atom. The maximum Gasteiger partial charge on any atom is 0.146 e. The molecule has 2 aromatic carbocycles. The first-order valence-electron chi connectivity index (χ1n) is 6.91. The highest BCUT2D eigenvalue weighted by atomic mass is 35.5. The van der Waals surface area contributed by atoms with Gasteiger partial charge in [-0.05, 0) is 22.8 Å². The van der Waals surface area contributed by atoms with E-state index < -0.39 is 0 Å². The molecular formula is C17H15Cl2NO. The third-order valence-corrected chi connectivity index (χ3v) is 4.74. The molecule has 1 heterocycles. The van der Waals surface area contributed by atoms with Crippen LogP contribution in [0.25, 0.3) is 0 Å². The third-order valence-electron chi connectivity index (χ3n) is 3.88. The Kier molecular flexibility index (Phi) is 4.29. The topological polar surface area (TPSA) is 29.1 Å². The zero-order valence-corrected chi connectivity index (χ0v) is 12.9. The standard InChI is InChI=1S/C17H15Cl2NO/c18-15-7-3-5-11(17(15)19)8-16(21)14-10-20-9-12-4-1-2-6-13(12)14/h1-7,14,20H,8-10H2. The third kappa shape index (κ3) is 2.98. The molecule has 108 valence electrons. The molecule has 2 nitrogen and oxygen atoms in total. The van der Waals surface area contributed by atoms with E-state index in [4.69, 9.17) is 23.2 Å². The van der Waals surface area contributed by atoms with Crippen molar-refractivity contribution in [2.45, 2.75) is 18.9 Å². The van der Waals surface area contributed by atoms with Crippen molar-refractivity contribution in [3.05, 3.63) is 69.2 Å². The molecule has 0 spiro atoms. The van der Waals surface area contributed by atoms with Gasteiger partial charge in [-0.1, -0.05) is 59.6 Å². The van der Waals surface area contributed by atoms with Crippen LogP contribution in [0, 0.1) is 0 Å². The first-order valence-corrected chi connectivity index (χ1v) is 7.66. The maximum absolute atomic E-state index is 12.7. The number of hydrogen-bond donors (Lipinski definition) is 1. The van der Waals surface area contributed by atoms with E-state index in [1.165, 1.54) is 5.56 Å². The van der Waals surface area contributed by atoms with Crippen molar-refractivity contribution in [3.63, 3.8) is 0 Å². The highest BCUT2D eigenvalue weighted by Gasteiger charge is 2.26. The van der Waals surface area contributed by atoms with Crippen LogP contribution >= 0.6 is 23.2 Å². The molecule has 0 aromatic heterocycles. The van der Waals surface area contributed by atoms with Gasteiger partial charge in [-0.25, -0.2) is 0 Å². The van der Waals surface area contributed by atoms with Gasteiger partial charge in [0.25, 0.3) is 0 Å². The number of carbonyl (C=O) groups is 1. The lowest BCUT2D eigenvalue weighted by Gasteiger charge is -2.25. The van der Waals surface area contributed by atoms with E-state index in [9.17, 15) is 4.79 Å². The van der Waals surface area contributed by atoms with Crippen molar-refractivity contribution in [2.75, 3.05) is 6.54 Å². The fourth-order valence-corrected chi connectivity index (χ4v) is 3.17. The van der Waals surface area contributed by atoms with Crippen molar-refractivity contribution in [1.82, 2.24) is 5.32 Å². The van der Waals surface area contributed by atoms with Crippen molar-refractivity contribution >= 4 is 29.0 Å². The number of ketones is 1. The van der Waals surface area contributed by atoms with Gasteiger partial charge in [-0.15, -0.1) is 0 Å². The Labute approximate surface area is 134 Å². The normalized spacial score (nSPS) is 17.3. The Hall–Kier alpha value is -1.35. The summed E-state index contributed by atoms with van der Waals surface area (Å²) >= 11 is 12.2. The lowest BCUT2D eigenvalue weighted by atomic mass is 9.85. The number of rotatable bonds is 3. The molecule has 1 atom stereocenters. The first-order chi connectivity index (χ1) is 10.2. The minimum absolute atomic E-state index is 0.120. The molecule has 3 rings (SSSR count). The second kappa shape index (κ2) is 6.18. The fourth-order valence-electron chi connectivity index (χ4n) is 2.78. The van der Waals surface area contributed by atoms with Gasteiger partial charge >= 0.3 is 0 Å². The zero-order valence-electron chi connectivity index (χ0n) is 11.4. The summed E-state index contributed by atoms with van der Waals surface area (Å²) in [5.41, 5.74) is 3.11. The molecule has 1 aliphatic heterocycles. The number of halogens is 2. The summed E-state index contributed by atoms with van der Waals surface area (Å²) in [7, 11) is 0. The molecule has 0 saturated carbocycles. The zero-order chi connectivity index (χ0) is 14.8. The lowest BCUT2D eigenvalue weighted by Crippen LogP contribution is -2.33. The molecule has 0 amide bonds. The van der Waals surface area contributed by atoms with Crippen LogP contribution in [0.4, 0.5) is 0 Å². The molecule has 1 aliphatic rings. The van der Waals surface area contributed by atoms with Gasteiger partial charge in [0.15, 0.2) is 0 Å². The van der Waals surface area contributed by atoms with Gasteiger partial charge in [0.2, 0.25) is 0 Å². The average molecular weight is 320 g/mol. The molecule has 1 N–H and O–H groups in total. The lowest BCUT2D eigenvalue weighted by molar-refractivity contribution is -0.119. The summed E-state index contributed by atoms with van der Waals surface area (Å²) < 4.78 is 0. The molecule has 21 heavy (non-hydrogen) atoms. The van der Waals surface area contributed by atoms with Gasteiger partial charge in [-0.2, -0.15) is 0 Å². The van der Waals surface area contributed by atoms with Crippen LogP contribution < -0.4 is 5.32 Å². The first kappa shape index (κ1) is 14.6. The summed E-state index contributed by atoms with van der Waals surface area (Å²) in [5, 5.41) is 4.27. The van der Waals surface area contributed by atoms with E-state index in [-0.39, 0.29) is 11.7 Å². The van der Waals surface area contributed by atoms with Crippen LogP contribution in [-0.4, -0.2) is 12.3 Å². The van der Waals surface area contributed by atoms with Crippen LogP contribution in [0.2, 0.25) is 10.0 Å². The molecule has 0 fully saturated rings. The van der Waals surface area contributed by atoms with Crippen LogP contribution in [0.15, 0.2) is 42.5 Å². The Balaban J connectivity index is 1.85. The Bertz CT molecular complexity index is 684. The molecule has 0 radical (unpaired) electrons. The van der Waals surface area contributed by atoms with Gasteiger partial charge in [0.1, 0.15) is 5.78 Å². The van der Waals surface area contributed by atoms with Gasteiger partial charge < -0.3 is 5.32 Å². The highest BCUT2D eigenvalue weighted by Crippen LogP contribution is 2.29. The second-order valence-electron chi connectivity index (χ2n) is 5.24. The second-order valence-corrected chi connectivity index (χ2v) is 6.02. The van der Waals surface area contributed by atoms with Crippen LogP contribution in [0.1, 0.15) is 22.6 Å². The van der Waals surface area contributed by atoms with E-state index in [1.807, 2.05) is 30.3 Å². The minimum Gasteiger partial charge on any atom is -0.312 e. The van der Waals surface area contributed by atoms with Crippen molar-refractivity contribution < 1.29 is 4.79 Å². The SMILES string of the molecule is O=C(Cc1cccc(Cl)c1Cl)C1CNCc2ccccc21. The molecular weight excluding hydrogens is 305 g/mol. The van der Waals surface area contributed by atoms with E-state index in [2.05, 4.69) is 11.4 Å². The molecule has 0 aliphatic carbocycles. The average Bonchev–Trinajstić information content (AvgIpc) is 2.51. The minimum atomic E-state index is -0.120. The highest BCUT2D eigenvalue weighted by molar-refractivity contribution is 6.42. The smallest absolute Gasteiger partial charge is 0.146 e. The number of Topliss-reactive ketones (excluding diaryl/α,β-unsaturated/α-hetero) is 1. The number of nitrogens with one attached hydrogen (secondary N) is 1. The van der Waals surface area contributed by atoms with Crippen molar-refractivity contribution in [2.24, 2.45) is 0 Å². The monoisotopic (exact) mass is 319 g/mol.